The van der Waals surface area contributed by atoms with Gasteiger partial charge in [0.2, 0.25) is 0 Å². The van der Waals surface area contributed by atoms with Crippen molar-refractivity contribution in [1.29, 1.82) is 0 Å². The number of phenolic OH excluding ortho intramolecular Hbond substituents is 1. The molecule has 7 heteroatoms. The first-order valence-corrected chi connectivity index (χ1v) is 5.48. The Kier molecular flexibility index (Phi) is 3.79. The van der Waals surface area contributed by atoms with E-state index in [0.29, 0.717) is 6.07 Å². The van der Waals surface area contributed by atoms with Gasteiger partial charge < -0.3 is 15.7 Å². The smallest absolute Gasteiger partial charge is 0.323 e. The van der Waals surface area contributed by atoms with E-state index in [-0.39, 0.29) is 11.4 Å². The molecule has 0 spiro atoms. The van der Waals surface area contributed by atoms with E-state index < -0.39 is 29.2 Å². The molecule has 0 aliphatic heterocycles. The molecular weight excluding hydrogens is 273 g/mol. The molecule has 0 aliphatic rings. The van der Waals surface area contributed by atoms with E-state index in [9.17, 15) is 23.1 Å². The molecular formula is C13H9F3N2O2. The van der Waals surface area contributed by atoms with Crippen LogP contribution in [0.15, 0.2) is 36.4 Å². The van der Waals surface area contributed by atoms with Crippen molar-refractivity contribution in [3.63, 3.8) is 0 Å². The Morgan fingerprint density at radius 3 is 2.45 bits per heavy atom. The molecule has 2 aromatic rings. The molecule has 2 amide bonds. The van der Waals surface area contributed by atoms with Crippen molar-refractivity contribution in [2.24, 2.45) is 0 Å². The maximum Gasteiger partial charge on any atom is 0.323 e. The highest BCUT2D eigenvalue weighted by Crippen LogP contribution is 2.20. The first-order chi connectivity index (χ1) is 9.47. The van der Waals surface area contributed by atoms with Crippen LogP contribution in [0.1, 0.15) is 0 Å². The van der Waals surface area contributed by atoms with Crippen LogP contribution in [-0.4, -0.2) is 11.1 Å². The van der Waals surface area contributed by atoms with Gasteiger partial charge in [-0.1, -0.05) is 6.07 Å². The summed E-state index contributed by atoms with van der Waals surface area (Å²) in [5.74, 6) is -4.57. The molecule has 0 bridgehead atoms. The number of urea groups is 1. The molecule has 0 unspecified atom stereocenters. The van der Waals surface area contributed by atoms with Crippen LogP contribution < -0.4 is 10.6 Å². The number of amides is 2. The topological polar surface area (TPSA) is 61.4 Å². The summed E-state index contributed by atoms with van der Waals surface area (Å²) in [4.78, 5) is 11.6. The molecule has 0 atom stereocenters. The Bertz CT molecular complexity index is 662. The first-order valence-electron chi connectivity index (χ1n) is 5.48. The number of aromatic hydroxyl groups is 1. The summed E-state index contributed by atoms with van der Waals surface area (Å²) in [5, 5.41) is 13.5. The van der Waals surface area contributed by atoms with Gasteiger partial charge >= 0.3 is 6.03 Å². The predicted molar refractivity (Wildman–Crippen MR) is 67.1 cm³/mol. The summed E-state index contributed by atoms with van der Waals surface area (Å²) >= 11 is 0. The number of carbonyl (C=O) groups excluding carboxylic acids is 1. The zero-order chi connectivity index (χ0) is 14.7. The summed E-state index contributed by atoms with van der Waals surface area (Å²) in [6.45, 7) is 0. The summed E-state index contributed by atoms with van der Waals surface area (Å²) in [6.07, 6.45) is 0. The number of nitrogens with one attached hydrogen (secondary N) is 2. The Morgan fingerprint density at radius 2 is 1.75 bits per heavy atom. The van der Waals surface area contributed by atoms with E-state index >= 15 is 0 Å². The van der Waals surface area contributed by atoms with Crippen molar-refractivity contribution in [3.05, 3.63) is 53.8 Å². The lowest BCUT2D eigenvalue weighted by Gasteiger charge is -2.09. The largest absolute Gasteiger partial charge is 0.508 e. The molecule has 0 heterocycles. The van der Waals surface area contributed by atoms with E-state index in [1.807, 2.05) is 5.32 Å². The van der Waals surface area contributed by atoms with Gasteiger partial charge in [-0.2, -0.15) is 0 Å². The van der Waals surface area contributed by atoms with Gasteiger partial charge in [0.1, 0.15) is 5.75 Å². The van der Waals surface area contributed by atoms with E-state index in [1.54, 1.807) is 0 Å². The molecule has 3 N–H and O–H groups in total. The van der Waals surface area contributed by atoms with Crippen molar-refractivity contribution in [1.82, 2.24) is 0 Å². The lowest BCUT2D eigenvalue weighted by molar-refractivity contribution is 0.262. The summed E-state index contributed by atoms with van der Waals surface area (Å²) in [6, 6.07) is 6.38. The van der Waals surface area contributed by atoms with E-state index in [2.05, 4.69) is 5.32 Å². The van der Waals surface area contributed by atoms with Gasteiger partial charge in [-0.3, -0.25) is 0 Å². The van der Waals surface area contributed by atoms with Crippen LogP contribution in [0.2, 0.25) is 0 Å². The second-order valence-electron chi connectivity index (χ2n) is 3.85. The molecule has 20 heavy (non-hydrogen) atoms. The average Bonchev–Trinajstić information content (AvgIpc) is 2.39. The molecule has 0 saturated carbocycles. The lowest BCUT2D eigenvalue weighted by Crippen LogP contribution is -2.20. The minimum absolute atomic E-state index is 0.0678. The minimum Gasteiger partial charge on any atom is -0.508 e. The molecule has 0 aliphatic carbocycles. The van der Waals surface area contributed by atoms with Crippen LogP contribution in [0.4, 0.5) is 29.3 Å². The number of hydrogen-bond donors (Lipinski definition) is 3. The third-order valence-electron chi connectivity index (χ3n) is 2.39. The van der Waals surface area contributed by atoms with Crippen molar-refractivity contribution in [2.45, 2.75) is 0 Å². The van der Waals surface area contributed by atoms with Crippen molar-refractivity contribution in [2.75, 3.05) is 10.6 Å². The highest BCUT2D eigenvalue weighted by molar-refractivity contribution is 5.99. The Morgan fingerprint density at radius 1 is 1.00 bits per heavy atom. The van der Waals surface area contributed by atoms with Crippen molar-refractivity contribution >= 4 is 17.4 Å². The van der Waals surface area contributed by atoms with Gasteiger partial charge in [-0.05, 0) is 24.3 Å². The molecule has 0 fully saturated rings. The molecule has 0 aromatic heterocycles. The number of benzene rings is 2. The monoisotopic (exact) mass is 282 g/mol. The quantitative estimate of drug-likeness (QED) is 0.739. The number of anilines is 2. The van der Waals surface area contributed by atoms with Gasteiger partial charge in [0.05, 0.1) is 5.69 Å². The standard InChI is InChI=1S/C13H9F3N2O2/c14-9-4-5-10(12(16)11(9)15)18-13(20)17-7-2-1-3-8(19)6-7/h1-6,19H,(H2,17,18,20). The maximum absolute atomic E-state index is 13.3. The zero-order valence-corrected chi connectivity index (χ0v) is 9.95. The molecule has 2 aromatic carbocycles. The highest BCUT2D eigenvalue weighted by Gasteiger charge is 2.15. The third-order valence-corrected chi connectivity index (χ3v) is 2.39. The number of carbonyl (C=O) groups is 1. The fourth-order valence-corrected chi connectivity index (χ4v) is 1.49. The summed E-state index contributed by atoms with van der Waals surface area (Å²) in [5.41, 5.74) is -0.243. The van der Waals surface area contributed by atoms with Crippen LogP contribution in [0.3, 0.4) is 0 Å². The number of hydrogen-bond acceptors (Lipinski definition) is 2. The number of phenols is 1. The van der Waals surface area contributed by atoms with Crippen LogP contribution in [0, 0.1) is 17.5 Å². The van der Waals surface area contributed by atoms with Crippen LogP contribution in [-0.2, 0) is 0 Å². The third kappa shape index (κ3) is 3.00. The lowest BCUT2D eigenvalue weighted by atomic mass is 10.3. The van der Waals surface area contributed by atoms with Gasteiger partial charge in [0.15, 0.2) is 17.5 Å². The second-order valence-corrected chi connectivity index (χ2v) is 3.85. The van der Waals surface area contributed by atoms with Gasteiger partial charge in [0.25, 0.3) is 0 Å². The van der Waals surface area contributed by atoms with E-state index in [4.69, 9.17) is 0 Å². The van der Waals surface area contributed by atoms with E-state index in [1.165, 1.54) is 24.3 Å². The Balaban J connectivity index is 2.11. The normalized spacial score (nSPS) is 10.2. The SMILES string of the molecule is O=C(Nc1cccc(O)c1)Nc1ccc(F)c(F)c1F. The second kappa shape index (κ2) is 5.52. The van der Waals surface area contributed by atoms with Gasteiger partial charge in [0, 0.05) is 11.8 Å². The molecule has 2 rings (SSSR count). The fraction of sp³-hybridized carbons (Fsp3) is 0. The highest BCUT2D eigenvalue weighted by atomic mass is 19.2. The molecule has 0 radical (unpaired) electrons. The Hall–Kier alpha value is -2.70. The molecule has 0 saturated heterocycles. The fourth-order valence-electron chi connectivity index (χ4n) is 1.49. The zero-order valence-electron chi connectivity index (χ0n) is 9.95. The Labute approximate surface area is 111 Å². The minimum atomic E-state index is -1.67. The van der Waals surface area contributed by atoms with Crippen LogP contribution >= 0.6 is 0 Å². The number of rotatable bonds is 2. The number of halogens is 3. The van der Waals surface area contributed by atoms with Crippen molar-refractivity contribution in [3.8, 4) is 5.75 Å². The molecule has 104 valence electrons. The van der Waals surface area contributed by atoms with Gasteiger partial charge in [-0.15, -0.1) is 0 Å². The first kappa shape index (κ1) is 13.7. The average molecular weight is 282 g/mol. The van der Waals surface area contributed by atoms with E-state index in [0.717, 1.165) is 6.07 Å². The molecule has 4 nitrogen and oxygen atoms in total. The summed E-state index contributed by atoms with van der Waals surface area (Å²) in [7, 11) is 0. The summed E-state index contributed by atoms with van der Waals surface area (Å²) < 4.78 is 39.0. The van der Waals surface area contributed by atoms with Crippen LogP contribution in [0.5, 0.6) is 5.75 Å². The van der Waals surface area contributed by atoms with Crippen molar-refractivity contribution < 1.29 is 23.1 Å². The van der Waals surface area contributed by atoms with Gasteiger partial charge in [-0.25, -0.2) is 18.0 Å². The predicted octanol–water partition coefficient (Wildman–Crippen LogP) is 3.45. The maximum atomic E-state index is 13.3. The van der Waals surface area contributed by atoms with Crippen LogP contribution in [0.25, 0.3) is 0 Å².